The van der Waals surface area contributed by atoms with Gasteiger partial charge in [-0.2, -0.15) is 4.31 Å². The highest BCUT2D eigenvalue weighted by atomic mass is 32.2. The Balaban J connectivity index is 1.82. The molecule has 0 saturated carbocycles. The summed E-state index contributed by atoms with van der Waals surface area (Å²) in [4.78, 5) is 4.31. The van der Waals surface area contributed by atoms with Crippen LogP contribution in [0.4, 0.5) is 0 Å². The zero-order valence-corrected chi connectivity index (χ0v) is 13.1. The number of aromatic nitrogens is 2. The molecule has 0 amide bonds. The summed E-state index contributed by atoms with van der Waals surface area (Å²) in [5.41, 5.74) is 3.93. The fourth-order valence-electron chi connectivity index (χ4n) is 2.73. The van der Waals surface area contributed by atoms with Crippen molar-refractivity contribution in [2.75, 3.05) is 6.54 Å². The van der Waals surface area contributed by atoms with Gasteiger partial charge in [-0.3, -0.25) is 0 Å². The topological polar surface area (TPSA) is 55.2 Å². The highest BCUT2D eigenvalue weighted by Crippen LogP contribution is 2.22. The van der Waals surface area contributed by atoms with E-state index < -0.39 is 10.0 Å². The van der Waals surface area contributed by atoms with Crippen LogP contribution in [-0.4, -0.2) is 28.8 Å². The molecule has 1 aliphatic rings. The molecular weight excluding hydrogens is 286 g/mol. The van der Waals surface area contributed by atoms with Crippen LogP contribution >= 0.6 is 0 Å². The fourth-order valence-corrected chi connectivity index (χ4v) is 4.21. The minimum atomic E-state index is -3.30. The summed E-state index contributed by atoms with van der Waals surface area (Å²) in [6, 6.07) is 7.66. The molecule has 0 radical (unpaired) electrons. The van der Waals surface area contributed by atoms with Gasteiger partial charge in [0.25, 0.3) is 0 Å². The van der Waals surface area contributed by atoms with Gasteiger partial charge in [0, 0.05) is 20.0 Å². The SMILES string of the molecule is Cc1cccc(CS(=O)(=O)N2CCc3ncn(C)c3C2)c1. The molecule has 0 unspecified atom stereocenters. The van der Waals surface area contributed by atoms with Crippen molar-refractivity contribution in [2.45, 2.75) is 25.6 Å². The first-order valence-electron chi connectivity index (χ1n) is 6.98. The summed E-state index contributed by atoms with van der Waals surface area (Å²) in [5.74, 6) is 0.0574. The first kappa shape index (κ1) is 14.3. The Morgan fingerprint density at radius 2 is 2.14 bits per heavy atom. The van der Waals surface area contributed by atoms with Gasteiger partial charge < -0.3 is 4.57 Å². The number of imidazole rings is 1. The van der Waals surface area contributed by atoms with E-state index in [1.54, 1.807) is 10.6 Å². The van der Waals surface area contributed by atoms with E-state index in [1.165, 1.54) is 0 Å². The first-order valence-corrected chi connectivity index (χ1v) is 8.59. The Kier molecular flexibility index (Phi) is 3.59. The van der Waals surface area contributed by atoms with Gasteiger partial charge in [-0.1, -0.05) is 29.8 Å². The van der Waals surface area contributed by atoms with Crippen molar-refractivity contribution in [3.05, 3.63) is 53.1 Å². The lowest BCUT2D eigenvalue weighted by molar-refractivity contribution is 0.379. The minimum absolute atomic E-state index is 0.0574. The molecule has 0 fully saturated rings. The molecule has 3 rings (SSSR count). The van der Waals surface area contributed by atoms with Crippen LogP contribution in [0, 0.1) is 6.92 Å². The number of hydrogen-bond donors (Lipinski definition) is 0. The van der Waals surface area contributed by atoms with E-state index in [0.29, 0.717) is 19.5 Å². The molecule has 2 aromatic rings. The van der Waals surface area contributed by atoms with E-state index in [1.807, 2.05) is 42.8 Å². The molecule has 0 aliphatic carbocycles. The van der Waals surface area contributed by atoms with Crippen LogP contribution in [0.3, 0.4) is 0 Å². The summed E-state index contributed by atoms with van der Waals surface area (Å²) in [6.45, 7) is 2.90. The highest BCUT2D eigenvalue weighted by molar-refractivity contribution is 7.88. The molecule has 0 bridgehead atoms. The van der Waals surface area contributed by atoms with Gasteiger partial charge in [-0.05, 0) is 12.5 Å². The monoisotopic (exact) mass is 305 g/mol. The van der Waals surface area contributed by atoms with Crippen LogP contribution in [0.2, 0.25) is 0 Å². The van der Waals surface area contributed by atoms with Crippen molar-refractivity contribution in [1.29, 1.82) is 0 Å². The van der Waals surface area contributed by atoms with Crippen LogP contribution in [0.5, 0.6) is 0 Å². The standard InChI is InChI=1S/C15H19N3O2S/c1-12-4-3-5-13(8-12)10-21(19,20)18-7-6-14-15(9-18)17(2)11-16-14/h3-5,8,11H,6-7,9-10H2,1-2H3. The largest absolute Gasteiger partial charge is 0.336 e. The van der Waals surface area contributed by atoms with Gasteiger partial charge in [0.05, 0.1) is 30.0 Å². The lowest BCUT2D eigenvalue weighted by atomic mass is 10.2. The second-order valence-electron chi connectivity index (χ2n) is 5.58. The maximum Gasteiger partial charge on any atom is 0.218 e. The summed E-state index contributed by atoms with van der Waals surface area (Å²) >= 11 is 0. The van der Waals surface area contributed by atoms with E-state index in [9.17, 15) is 8.42 Å². The maximum atomic E-state index is 12.6. The predicted molar refractivity (Wildman–Crippen MR) is 81.1 cm³/mol. The quantitative estimate of drug-likeness (QED) is 0.866. The smallest absolute Gasteiger partial charge is 0.218 e. The van der Waals surface area contributed by atoms with E-state index >= 15 is 0 Å². The van der Waals surface area contributed by atoms with Crippen molar-refractivity contribution >= 4 is 10.0 Å². The predicted octanol–water partition coefficient (Wildman–Crippen LogP) is 1.62. The van der Waals surface area contributed by atoms with Crippen LogP contribution < -0.4 is 0 Å². The molecule has 6 heteroatoms. The number of fused-ring (bicyclic) bond motifs is 1. The van der Waals surface area contributed by atoms with E-state index in [4.69, 9.17) is 0 Å². The van der Waals surface area contributed by atoms with Gasteiger partial charge in [0.2, 0.25) is 10.0 Å². The van der Waals surface area contributed by atoms with Crippen molar-refractivity contribution in [3.8, 4) is 0 Å². The van der Waals surface area contributed by atoms with Crippen molar-refractivity contribution in [2.24, 2.45) is 7.05 Å². The molecule has 2 heterocycles. The van der Waals surface area contributed by atoms with Crippen molar-refractivity contribution in [3.63, 3.8) is 0 Å². The van der Waals surface area contributed by atoms with Gasteiger partial charge >= 0.3 is 0 Å². The number of aryl methyl sites for hydroxylation is 2. The average molecular weight is 305 g/mol. The third-order valence-electron chi connectivity index (χ3n) is 3.89. The van der Waals surface area contributed by atoms with Gasteiger partial charge in [0.15, 0.2) is 0 Å². The Hall–Kier alpha value is -1.66. The van der Waals surface area contributed by atoms with Crippen molar-refractivity contribution in [1.82, 2.24) is 13.9 Å². The molecule has 5 nitrogen and oxygen atoms in total. The Labute approximate surface area is 125 Å². The zero-order chi connectivity index (χ0) is 15.0. The lowest BCUT2D eigenvalue weighted by Gasteiger charge is -2.26. The number of sulfonamides is 1. The van der Waals surface area contributed by atoms with Crippen molar-refractivity contribution < 1.29 is 8.42 Å². The summed E-state index contributed by atoms with van der Waals surface area (Å²) in [6.07, 6.45) is 2.44. The van der Waals surface area contributed by atoms with Crippen LogP contribution in [0.1, 0.15) is 22.5 Å². The number of hydrogen-bond acceptors (Lipinski definition) is 3. The van der Waals surface area contributed by atoms with Crippen LogP contribution in [0.25, 0.3) is 0 Å². The van der Waals surface area contributed by atoms with E-state index in [2.05, 4.69) is 4.98 Å². The number of rotatable bonds is 3. The molecular formula is C15H19N3O2S. The number of nitrogens with zero attached hydrogens (tertiary/aromatic N) is 3. The molecule has 112 valence electrons. The highest BCUT2D eigenvalue weighted by Gasteiger charge is 2.28. The van der Waals surface area contributed by atoms with Gasteiger partial charge in [-0.15, -0.1) is 0 Å². The first-order chi connectivity index (χ1) is 9.95. The Bertz CT molecular complexity index is 765. The second-order valence-corrected chi connectivity index (χ2v) is 7.55. The minimum Gasteiger partial charge on any atom is -0.336 e. The van der Waals surface area contributed by atoms with Crippen LogP contribution in [-0.2, 0) is 35.8 Å². The lowest BCUT2D eigenvalue weighted by Crippen LogP contribution is -2.37. The molecule has 0 N–H and O–H groups in total. The van der Waals surface area contributed by atoms with Gasteiger partial charge in [-0.25, -0.2) is 13.4 Å². The molecule has 1 aromatic heterocycles. The molecule has 1 aromatic carbocycles. The Morgan fingerprint density at radius 3 is 2.90 bits per heavy atom. The molecule has 0 spiro atoms. The fraction of sp³-hybridized carbons (Fsp3) is 0.400. The summed E-state index contributed by atoms with van der Waals surface area (Å²) < 4.78 is 28.7. The average Bonchev–Trinajstić information content (AvgIpc) is 2.79. The summed E-state index contributed by atoms with van der Waals surface area (Å²) in [7, 11) is -1.39. The Morgan fingerprint density at radius 1 is 1.33 bits per heavy atom. The molecule has 0 saturated heterocycles. The zero-order valence-electron chi connectivity index (χ0n) is 12.3. The number of benzene rings is 1. The normalized spacial score (nSPS) is 15.9. The summed E-state index contributed by atoms with van der Waals surface area (Å²) in [5, 5.41) is 0. The maximum absolute atomic E-state index is 12.6. The molecule has 0 atom stereocenters. The molecule has 1 aliphatic heterocycles. The van der Waals surface area contributed by atoms with E-state index in [0.717, 1.165) is 22.5 Å². The third-order valence-corrected chi connectivity index (χ3v) is 5.69. The third kappa shape index (κ3) is 2.87. The molecule has 21 heavy (non-hydrogen) atoms. The van der Waals surface area contributed by atoms with E-state index in [-0.39, 0.29) is 5.75 Å². The van der Waals surface area contributed by atoms with Crippen LogP contribution in [0.15, 0.2) is 30.6 Å². The second kappa shape index (κ2) is 5.27. The van der Waals surface area contributed by atoms with Gasteiger partial charge in [0.1, 0.15) is 0 Å².